The summed E-state index contributed by atoms with van der Waals surface area (Å²) in [6.07, 6.45) is 13.9. The lowest BCUT2D eigenvalue weighted by Crippen LogP contribution is -2.09. The Morgan fingerprint density at radius 3 is 2.23 bits per heavy atom. The van der Waals surface area contributed by atoms with E-state index in [1.165, 1.54) is 51.4 Å². The predicted octanol–water partition coefficient (Wildman–Crippen LogP) is 4.70. The minimum absolute atomic E-state index is 1.13. The SMILES string of the molecule is CC1=CCC1.CCCCC1CCC1. The molecule has 0 aromatic carbocycles. The van der Waals surface area contributed by atoms with Crippen molar-refractivity contribution in [1.29, 1.82) is 0 Å². The number of rotatable bonds is 3. The Bertz CT molecular complexity index is 151. The Morgan fingerprint density at radius 1 is 1.38 bits per heavy atom. The Hall–Kier alpha value is -0.260. The number of hydrogen-bond acceptors (Lipinski definition) is 0. The Kier molecular flexibility index (Phi) is 5.19. The van der Waals surface area contributed by atoms with Crippen LogP contribution < -0.4 is 0 Å². The quantitative estimate of drug-likeness (QED) is 0.552. The van der Waals surface area contributed by atoms with E-state index in [0.717, 1.165) is 5.92 Å². The van der Waals surface area contributed by atoms with Crippen LogP contribution in [0.2, 0.25) is 0 Å². The van der Waals surface area contributed by atoms with Gasteiger partial charge in [0.25, 0.3) is 0 Å². The van der Waals surface area contributed by atoms with Crippen LogP contribution in [0.1, 0.15) is 65.2 Å². The second kappa shape index (κ2) is 6.23. The van der Waals surface area contributed by atoms with Crippen LogP contribution in [0, 0.1) is 5.92 Å². The maximum Gasteiger partial charge on any atom is -0.0288 e. The summed E-state index contributed by atoms with van der Waals surface area (Å²) in [5, 5.41) is 0. The molecule has 13 heavy (non-hydrogen) atoms. The van der Waals surface area contributed by atoms with Crippen LogP contribution in [-0.4, -0.2) is 0 Å². The normalized spacial score (nSPS) is 20.6. The molecule has 0 radical (unpaired) electrons. The van der Waals surface area contributed by atoms with Crippen molar-refractivity contribution in [3.63, 3.8) is 0 Å². The molecule has 2 aliphatic rings. The highest BCUT2D eigenvalue weighted by Crippen LogP contribution is 2.30. The molecule has 0 bridgehead atoms. The molecule has 76 valence electrons. The van der Waals surface area contributed by atoms with E-state index in [9.17, 15) is 0 Å². The van der Waals surface area contributed by atoms with Crippen molar-refractivity contribution in [2.45, 2.75) is 65.2 Å². The molecule has 0 saturated heterocycles. The van der Waals surface area contributed by atoms with Gasteiger partial charge in [-0.05, 0) is 25.7 Å². The molecule has 0 aromatic heterocycles. The topological polar surface area (TPSA) is 0 Å². The third-order valence-electron chi connectivity index (χ3n) is 3.22. The van der Waals surface area contributed by atoms with E-state index in [-0.39, 0.29) is 0 Å². The first-order chi connectivity index (χ1) is 6.33. The second-order valence-electron chi connectivity index (χ2n) is 4.53. The summed E-state index contributed by atoms with van der Waals surface area (Å²) in [6, 6.07) is 0. The van der Waals surface area contributed by atoms with Crippen molar-refractivity contribution in [3.8, 4) is 0 Å². The second-order valence-corrected chi connectivity index (χ2v) is 4.53. The van der Waals surface area contributed by atoms with E-state index in [1.54, 1.807) is 5.57 Å². The Labute approximate surface area is 83.4 Å². The third-order valence-corrected chi connectivity index (χ3v) is 3.22. The van der Waals surface area contributed by atoms with Gasteiger partial charge >= 0.3 is 0 Å². The van der Waals surface area contributed by atoms with Crippen LogP contribution in [-0.2, 0) is 0 Å². The highest BCUT2D eigenvalue weighted by Gasteiger charge is 2.15. The van der Waals surface area contributed by atoms with Crippen molar-refractivity contribution in [2.24, 2.45) is 5.92 Å². The van der Waals surface area contributed by atoms with Crippen LogP contribution in [0.25, 0.3) is 0 Å². The van der Waals surface area contributed by atoms with Gasteiger partial charge in [-0.1, -0.05) is 57.1 Å². The fraction of sp³-hybridized carbons (Fsp3) is 0.846. The highest BCUT2D eigenvalue weighted by atomic mass is 14.2. The van der Waals surface area contributed by atoms with Crippen molar-refractivity contribution in [3.05, 3.63) is 11.6 Å². The van der Waals surface area contributed by atoms with Gasteiger partial charge in [-0.3, -0.25) is 0 Å². The zero-order valence-corrected chi connectivity index (χ0v) is 9.31. The summed E-state index contributed by atoms with van der Waals surface area (Å²) < 4.78 is 0. The maximum atomic E-state index is 2.28. The zero-order chi connectivity index (χ0) is 9.52. The summed E-state index contributed by atoms with van der Waals surface area (Å²) in [5.41, 5.74) is 1.56. The fourth-order valence-corrected chi connectivity index (χ4v) is 1.71. The van der Waals surface area contributed by atoms with Gasteiger partial charge in [-0.2, -0.15) is 0 Å². The van der Waals surface area contributed by atoms with Gasteiger partial charge in [0.15, 0.2) is 0 Å². The van der Waals surface area contributed by atoms with E-state index in [1.807, 2.05) is 0 Å². The number of allylic oxidation sites excluding steroid dienone is 2. The molecule has 0 heteroatoms. The molecule has 0 aromatic rings. The molecule has 0 nitrogen and oxygen atoms in total. The van der Waals surface area contributed by atoms with Crippen LogP contribution in [0.4, 0.5) is 0 Å². The van der Waals surface area contributed by atoms with Crippen molar-refractivity contribution in [2.75, 3.05) is 0 Å². The Morgan fingerprint density at radius 2 is 2.00 bits per heavy atom. The molecule has 0 heterocycles. The number of hydrogen-bond donors (Lipinski definition) is 0. The zero-order valence-electron chi connectivity index (χ0n) is 9.31. The minimum Gasteiger partial charge on any atom is -0.0853 e. The molecular weight excluding hydrogens is 156 g/mol. The molecule has 1 fully saturated rings. The van der Waals surface area contributed by atoms with E-state index < -0.39 is 0 Å². The van der Waals surface area contributed by atoms with E-state index in [0.29, 0.717) is 0 Å². The first kappa shape index (κ1) is 10.8. The highest BCUT2D eigenvalue weighted by molar-refractivity contribution is 5.07. The lowest BCUT2D eigenvalue weighted by Gasteiger charge is -2.24. The molecule has 2 rings (SSSR count). The first-order valence-electron chi connectivity index (χ1n) is 5.98. The molecule has 0 amide bonds. The third kappa shape index (κ3) is 4.50. The smallest absolute Gasteiger partial charge is 0.0288 e. The summed E-state index contributed by atoms with van der Waals surface area (Å²) in [5.74, 6) is 1.13. The molecule has 0 spiro atoms. The van der Waals surface area contributed by atoms with Gasteiger partial charge in [0.05, 0.1) is 0 Å². The van der Waals surface area contributed by atoms with Gasteiger partial charge in [-0.25, -0.2) is 0 Å². The summed E-state index contributed by atoms with van der Waals surface area (Å²) in [6.45, 7) is 4.45. The molecular formula is C13H24. The van der Waals surface area contributed by atoms with Gasteiger partial charge < -0.3 is 0 Å². The van der Waals surface area contributed by atoms with Crippen molar-refractivity contribution in [1.82, 2.24) is 0 Å². The molecule has 0 unspecified atom stereocenters. The summed E-state index contributed by atoms with van der Waals surface area (Å²) >= 11 is 0. The summed E-state index contributed by atoms with van der Waals surface area (Å²) in [4.78, 5) is 0. The van der Waals surface area contributed by atoms with Crippen molar-refractivity contribution < 1.29 is 0 Å². The average Bonchev–Trinajstić information content (AvgIpc) is 2.00. The standard InChI is InChI=1S/C8H16.C5H8/c1-2-3-5-8-6-4-7-8;1-5-3-2-4-5/h8H,2-7H2,1H3;3H,2,4H2,1H3. The van der Waals surface area contributed by atoms with E-state index in [4.69, 9.17) is 0 Å². The van der Waals surface area contributed by atoms with E-state index >= 15 is 0 Å². The maximum absolute atomic E-state index is 2.28. The largest absolute Gasteiger partial charge is 0.0853 e. The lowest BCUT2D eigenvalue weighted by atomic mass is 9.82. The van der Waals surface area contributed by atoms with Gasteiger partial charge in [-0.15, -0.1) is 0 Å². The van der Waals surface area contributed by atoms with Crippen LogP contribution in [0.5, 0.6) is 0 Å². The van der Waals surface area contributed by atoms with Gasteiger partial charge in [0.2, 0.25) is 0 Å². The average molecular weight is 180 g/mol. The first-order valence-corrected chi connectivity index (χ1v) is 5.98. The Balaban J connectivity index is 0.000000145. The van der Waals surface area contributed by atoms with Crippen molar-refractivity contribution >= 4 is 0 Å². The summed E-state index contributed by atoms with van der Waals surface area (Å²) in [7, 11) is 0. The molecule has 1 saturated carbocycles. The van der Waals surface area contributed by atoms with Gasteiger partial charge in [0, 0.05) is 0 Å². The molecule has 2 aliphatic carbocycles. The van der Waals surface area contributed by atoms with Crippen LogP contribution in [0.3, 0.4) is 0 Å². The van der Waals surface area contributed by atoms with Crippen LogP contribution in [0.15, 0.2) is 11.6 Å². The van der Waals surface area contributed by atoms with Gasteiger partial charge in [0.1, 0.15) is 0 Å². The molecule has 0 N–H and O–H groups in total. The van der Waals surface area contributed by atoms with Crippen LogP contribution >= 0.6 is 0 Å². The molecule has 0 atom stereocenters. The fourth-order valence-electron chi connectivity index (χ4n) is 1.71. The van der Waals surface area contributed by atoms with E-state index in [2.05, 4.69) is 19.9 Å². The molecule has 0 aliphatic heterocycles. The number of unbranched alkanes of at least 4 members (excludes halogenated alkanes) is 1. The monoisotopic (exact) mass is 180 g/mol. The predicted molar refractivity (Wildman–Crippen MR) is 59.9 cm³/mol. The lowest BCUT2D eigenvalue weighted by molar-refractivity contribution is 0.289. The minimum atomic E-state index is 1.13.